The number of piperidine rings is 3. The van der Waals surface area contributed by atoms with Crippen molar-refractivity contribution in [2.75, 3.05) is 19.6 Å². The Hall–Kier alpha value is -2.14. The maximum atomic E-state index is 14.3. The largest absolute Gasteiger partial charge is 0.334 e. The van der Waals surface area contributed by atoms with Crippen molar-refractivity contribution in [3.8, 4) is 0 Å². The van der Waals surface area contributed by atoms with Crippen LogP contribution in [0.25, 0.3) is 0 Å². The van der Waals surface area contributed by atoms with Gasteiger partial charge in [0.2, 0.25) is 5.91 Å². The van der Waals surface area contributed by atoms with Gasteiger partial charge in [0.15, 0.2) is 0 Å². The first-order valence-corrected chi connectivity index (χ1v) is 13.6. The van der Waals surface area contributed by atoms with E-state index in [2.05, 4.69) is 29.7 Å². The molecule has 5 aliphatic rings. The molecule has 34 heavy (non-hydrogen) atoms. The number of hydrogen-bond donors (Lipinski definition) is 0. The molecule has 0 saturated carbocycles. The maximum absolute atomic E-state index is 14.3. The number of benzene rings is 1. The first-order chi connectivity index (χ1) is 16.5. The summed E-state index contributed by atoms with van der Waals surface area (Å²) in [6.45, 7) is 8.07. The van der Waals surface area contributed by atoms with Gasteiger partial charge in [-0.2, -0.15) is 0 Å². The third-order valence-corrected chi connectivity index (χ3v) is 9.15. The molecule has 3 fully saturated rings. The Morgan fingerprint density at radius 2 is 1.97 bits per heavy atom. The lowest BCUT2D eigenvalue weighted by molar-refractivity contribution is -0.142. The van der Waals surface area contributed by atoms with Gasteiger partial charge in [0.25, 0.3) is 5.91 Å². The Kier molecular flexibility index (Phi) is 5.79. The van der Waals surface area contributed by atoms with E-state index in [1.54, 1.807) is 0 Å². The summed E-state index contributed by atoms with van der Waals surface area (Å²) in [5, 5.41) is 0. The van der Waals surface area contributed by atoms with Gasteiger partial charge in [0.05, 0.1) is 6.04 Å². The predicted molar refractivity (Wildman–Crippen MR) is 133 cm³/mol. The fraction of sp³-hybridized carbons (Fsp3) is 0.655. The van der Waals surface area contributed by atoms with E-state index in [-0.39, 0.29) is 23.9 Å². The topological polar surface area (TPSA) is 43.9 Å². The third kappa shape index (κ3) is 3.71. The van der Waals surface area contributed by atoms with Crippen molar-refractivity contribution in [2.45, 2.75) is 83.5 Å². The molecule has 182 valence electrons. The molecule has 0 unspecified atom stereocenters. The smallest absolute Gasteiger partial charge is 0.255 e. The minimum Gasteiger partial charge on any atom is -0.334 e. The molecule has 2 bridgehead atoms. The maximum Gasteiger partial charge on any atom is 0.255 e. The number of nitrogens with zero attached hydrogens (tertiary/aromatic N) is 3. The Labute approximate surface area is 204 Å². The summed E-state index contributed by atoms with van der Waals surface area (Å²) in [7, 11) is 0. The molecule has 3 saturated heterocycles. The number of rotatable bonds is 4. The van der Waals surface area contributed by atoms with Crippen LogP contribution in [-0.2, 0) is 11.3 Å². The monoisotopic (exact) mass is 461 g/mol. The van der Waals surface area contributed by atoms with Gasteiger partial charge in [-0.25, -0.2) is 0 Å². The van der Waals surface area contributed by atoms with Crippen molar-refractivity contribution >= 4 is 11.8 Å². The van der Waals surface area contributed by atoms with Crippen molar-refractivity contribution in [3.05, 3.63) is 47.0 Å². The molecular formula is C29H39N3O2. The van der Waals surface area contributed by atoms with E-state index in [0.29, 0.717) is 24.3 Å². The Bertz CT molecular complexity index is 1000. The number of carbonyl (C=O) groups is 2. The molecule has 1 aliphatic carbocycles. The van der Waals surface area contributed by atoms with Gasteiger partial charge in [0, 0.05) is 31.2 Å². The standard InChI is InChI=1S/C29H39N3O2/c1-19(2)14-26(32-18-21-8-3-4-10-24(21)28(32)33)29(34)31-13-7-9-20-15-22-16-23(27(20)31)17-30-12-6-5-11-25(22)30/h3-4,8,10,15,19,22-23,25-27H,5-7,9,11-14,16-18H2,1-2H3/t22-,23+,25+,26-,27-/m0/s1. The molecule has 0 radical (unpaired) electrons. The zero-order valence-corrected chi connectivity index (χ0v) is 20.8. The van der Waals surface area contributed by atoms with Crippen molar-refractivity contribution in [3.63, 3.8) is 0 Å². The Balaban J connectivity index is 1.29. The van der Waals surface area contributed by atoms with E-state index in [4.69, 9.17) is 0 Å². The molecule has 1 aromatic rings. The molecule has 1 aromatic carbocycles. The van der Waals surface area contributed by atoms with E-state index in [1.807, 2.05) is 29.2 Å². The van der Waals surface area contributed by atoms with E-state index >= 15 is 0 Å². The van der Waals surface area contributed by atoms with Gasteiger partial charge < -0.3 is 9.80 Å². The van der Waals surface area contributed by atoms with Crippen LogP contribution in [0.3, 0.4) is 0 Å². The van der Waals surface area contributed by atoms with Gasteiger partial charge in [-0.05, 0) is 74.5 Å². The molecule has 0 aromatic heterocycles. The van der Waals surface area contributed by atoms with Crippen LogP contribution < -0.4 is 0 Å². The third-order valence-electron chi connectivity index (χ3n) is 9.15. The fourth-order valence-electron chi connectivity index (χ4n) is 7.75. The summed E-state index contributed by atoms with van der Waals surface area (Å²) in [6, 6.07) is 8.44. The summed E-state index contributed by atoms with van der Waals surface area (Å²) in [5.74, 6) is 1.77. The molecule has 6 rings (SSSR count). The number of amides is 2. The summed E-state index contributed by atoms with van der Waals surface area (Å²) >= 11 is 0. The number of carbonyl (C=O) groups excluding carboxylic acids is 2. The SMILES string of the molecule is CC(C)C[C@@H](C(=O)N1CCCC2=C[C@H]3C[C@H](CN4CCCC[C@H]34)[C@H]21)N1Cc2ccccc2C1=O. The highest BCUT2D eigenvalue weighted by atomic mass is 16.2. The zero-order chi connectivity index (χ0) is 23.4. The normalized spacial score (nSPS) is 31.6. The average Bonchev–Trinajstić information content (AvgIpc) is 3.18. The summed E-state index contributed by atoms with van der Waals surface area (Å²) in [4.78, 5) is 34.5. The second-order valence-corrected chi connectivity index (χ2v) is 11.8. The van der Waals surface area contributed by atoms with Crippen LogP contribution in [0.1, 0.15) is 74.7 Å². The molecule has 2 amide bonds. The summed E-state index contributed by atoms with van der Waals surface area (Å²) in [6.07, 6.45) is 10.7. The van der Waals surface area contributed by atoms with Crippen LogP contribution in [-0.4, -0.2) is 64.3 Å². The minimum absolute atomic E-state index is 0.0277. The first kappa shape index (κ1) is 22.3. The van der Waals surface area contributed by atoms with Crippen LogP contribution in [0.4, 0.5) is 0 Å². The van der Waals surface area contributed by atoms with Gasteiger partial charge in [-0.15, -0.1) is 0 Å². The van der Waals surface area contributed by atoms with Crippen molar-refractivity contribution in [1.82, 2.24) is 14.7 Å². The van der Waals surface area contributed by atoms with Crippen LogP contribution >= 0.6 is 0 Å². The zero-order valence-electron chi connectivity index (χ0n) is 20.8. The van der Waals surface area contributed by atoms with E-state index in [1.165, 1.54) is 37.8 Å². The van der Waals surface area contributed by atoms with Gasteiger partial charge in [-0.1, -0.05) is 50.1 Å². The Morgan fingerprint density at radius 1 is 1.12 bits per heavy atom. The number of likely N-dealkylation sites (tertiary alicyclic amines) is 1. The van der Waals surface area contributed by atoms with Crippen LogP contribution in [0.15, 0.2) is 35.9 Å². The molecule has 0 N–H and O–H groups in total. The Morgan fingerprint density at radius 3 is 2.79 bits per heavy atom. The minimum atomic E-state index is -0.372. The van der Waals surface area contributed by atoms with Gasteiger partial charge >= 0.3 is 0 Å². The van der Waals surface area contributed by atoms with Crippen LogP contribution in [0.2, 0.25) is 0 Å². The highest BCUT2D eigenvalue weighted by Crippen LogP contribution is 2.45. The first-order valence-electron chi connectivity index (χ1n) is 13.6. The average molecular weight is 462 g/mol. The van der Waals surface area contributed by atoms with Crippen molar-refractivity contribution in [1.29, 1.82) is 0 Å². The quantitative estimate of drug-likeness (QED) is 0.621. The molecular weight excluding hydrogens is 422 g/mol. The molecule has 5 nitrogen and oxygen atoms in total. The molecule has 5 heteroatoms. The second-order valence-electron chi connectivity index (χ2n) is 11.8. The second kappa shape index (κ2) is 8.82. The number of fused-ring (bicyclic) bond motifs is 7. The molecule has 0 spiro atoms. The summed E-state index contributed by atoms with van der Waals surface area (Å²) < 4.78 is 0. The lowest BCUT2D eigenvalue weighted by atomic mass is 9.68. The van der Waals surface area contributed by atoms with Crippen LogP contribution in [0, 0.1) is 17.8 Å². The van der Waals surface area contributed by atoms with E-state index < -0.39 is 0 Å². The van der Waals surface area contributed by atoms with Crippen molar-refractivity contribution in [2.24, 2.45) is 17.8 Å². The van der Waals surface area contributed by atoms with E-state index in [9.17, 15) is 9.59 Å². The molecule has 5 atom stereocenters. The highest BCUT2D eigenvalue weighted by Gasteiger charge is 2.48. The lowest BCUT2D eigenvalue weighted by Crippen LogP contribution is -2.62. The lowest BCUT2D eigenvalue weighted by Gasteiger charge is -2.55. The predicted octanol–water partition coefficient (Wildman–Crippen LogP) is 4.48. The molecule has 4 aliphatic heterocycles. The molecule has 4 heterocycles. The number of hydrogen-bond acceptors (Lipinski definition) is 3. The fourth-order valence-corrected chi connectivity index (χ4v) is 7.75. The van der Waals surface area contributed by atoms with E-state index in [0.717, 1.165) is 49.5 Å². The summed E-state index contributed by atoms with van der Waals surface area (Å²) in [5.41, 5.74) is 3.34. The van der Waals surface area contributed by atoms with Crippen LogP contribution in [0.5, 0.6) is 0 Å². The van der Waals surface area contributed by atoms with Gasteiger partial charge in [0.1, 0.15) is 6.04 Å². The highest BCUT2D eigenvalue weighted by molar-refractivity contribution is 6.01. The van der Waals surface area contributed by atoms with Crippen molar-refractivity contribution < 1.29 is 9.59 Å². The van der Waals surface area contributed by atoms with Gasteiger partial charge in [-0.3, -0.25) is 14.5 Å².